The summed E-state index contributed by atoms with van der Waals surface area (Å²) in [6.45, 7) is 0.998. The molecule has 1 aliphatic heterocycles. The first-order valence-corrected chi connectivity index (χ1v) is 7.13. The standard InChI is InChI=1S/C15H18N2O4/c18-12-3-1-2-10(8-12)15(20)17-6-7-21-9-13(17)14(19)16-11-4-5-11/h1-3,8,11,13,18H,4-7,9H2,(H,16,19). The average Bonchev–Trinajstić information content (AvgIpc) is 3.30. The third kappa shape index (κ3) is 3.16. The molecule has 3 rings (SSSR count). The van der Waals surface area contributed by atoms with Gasteiger partial charge in [-0.3, -0.25) is 9.59 Å². The predicted octanol–water partition coefficient (Wildman–Crippen LogP) is 0.512. The number of nitrogens with zero attached hydrogens (tertiary/aromatic N) is 1. The van der Waals surface area contributed by atoms with Gasteiger partial charge in [-0.05, 0) is 31.0 Å². The van der Waals surface area contributed by atoms with Crippen LogP contribution in [0.2, 0.25) is 0 Å². The maximum atomic E-state index is 12.5. The fourth-order valence-corrected chi connectivity index (χ4v) is 2.39. The van der Waals surface area contributed by atoms with Crippen molar-refractivity contribution in [2.75, 3.05) is 19.8 Å². The summed E-state index contributed by atoms with van der Waals surface area (Å²) >= 11 is 0. The molecule has 1 aliphatic carbocycles. The summed E-state index contributed by atoms with van der Waals surface area (Å²) in [6, 6.07) is 5.81. The number of carbonyl (C=O) groups is 2. The highest BCUT2D eigenvalue weighted by atomic mass is 16.5. The van der Waals surface area contributed by atoms with Crippen LogP contribution in [0.5, 0.6) is 5.75 Å². The van der Waals surface area contributed by atoms with Crippen LogP contribution in [0.15, 0.2) is 24.3 Å². The zero-order valence-corrected chi connectivity index (χ0v) is 11.6. The predicted molar refractivity (Wildman–Crippen MR) is 74.9 cm³/mol. The fourth-order valence-electron chi connectivity index (χ4n) is 2.39. The molecule has 1 heterocycles. The molecule has 2 N–H and O–H groups in total. The Bertz CT molecular complexity index is 556. The van der Waals surface area contributed by atoms with Crippen LogP contribution >= 0.6 is 0 Å². The van der Waals surface area contributed by atoms with Gasteiger partial charge in [0.25, 0.3) is 5.91 Å². The lowest BCUT2D eigenvalue weighted by Crippen LogP contribution is -2.56. The van der Waals surface area contributed by atoms with Crippen LogP contribution in [0.4, 0.5) is 0 Å². The number of ether oxygens (including phenoxy) is 1. The van der Waals surface area contributed by atoms with E-state index in [9.17, 15) is 14.7 Å². The van der Waals surface area contributed by atoms with Gasteiger partial charge in [0.05, 0.1) is 13.2 Å². The second-order valence-corrected chi connectivity index (χ2v) is 5.42. The summed E-state index contributed by atoms with van der Waals surface area (Å²) in [5.74, 6) is -0.385. The van der Waals surface area contributed by atoms with Crippen LogP contribution in [0, 0.1) is 0 Å². The summed E-state index contributed by atoms with van der Waals surface area (Å²) in [7, 11) is 0. The largest absolute Gasteiger partial charge is 0.508 e. The zero-order chi connectivity index (χ0) is 14.8. The SMILES string of the molecule is O=C(NC1CC1)C1COCCN1C(=O)c1cccc(O)c1. The topological polar surface area (TPSA) is 78.9 Å². The molecular weight excluding hydrogens is 272 g/mol. The van der Waals surface area contributed by atoms with Crippen molar-refractivity contribution in [1.29, 1.82) is 0 Å². The van der Waals surface area contributed by atoms with E-state index in [2.05, 4.69) is 5.32 Å². The summed E-state index contributed by atoms with van der Waals surface area (Å²) < 4.78 is 5.34. The van der Waals surface area contributed by atoms with Gasteiger partial charge in [-0.2, -0.15) is 0 Å². The van der Waals surface area contributed by atoms with E-state index in [1.807, 2.05) is 0 Å². The Morgan fingerprint density at radius 3 is 2.86 bits per heavy atom. The van der Waals surface area contributed by atoms with Crippen LogP contribution in [0.25, 0.3) is 0 Å². The molecule has 0 spiro atoms. The first-order valence-electron chi connectivity index (χ1n) is 7.13. The molecule has 1 saturated heterocycles. The molecule has 6 nitrogen and oxygen atoms in total. The Morgan fingerprint density at radius 2 is 2.14 bits per heavy atom. The quantitative estimate of drug-likeness (QED) is 0.850. The van der Waals surface area contributed by atoms with Crippen molar-refractivity contribution < 1.29 is 19.4 Å². The second-order valence-electron chi connectivity index (χ2n) is 5.42. The van der Waals surface area contributed by atoms with E-state index < -0.39 is 6.04 Å². The number of morpholine rings is 1. The van der Waals surface area contributed by atoms with E-state index in [0.29, 0.717) is 18.7 Å². The molecule has 0 bridgehead atoms. The third-order valence-electron chi connectivity index (χ3n) is 3.71. The smallest absolute Gasteiger partial charge is 0.254 e. The van der Waals surface area contributed by atoms with Gasteiger partial charge in [0.15, 0.2) is 0 Å². The Morgan fingerprint density at radius 1 is 1.33 bits per heavy atom. The lowest BCUT2D eigenvalue weighted by molar-refractivity contribution is -0.130. The zero-order valence-electron chi connectivity index (χ0n) is 11.6. The van der Waals surface area contributed by atoms with Crippen molar-refractivity contribution in [2.45, 2.75) is 24.9 Å². The number of benzene rings is 1. The van der Waals surface area contributed by atoms with E-state index in [4.69, 9.17) is 4.74 Å². The number of phenols is 1. The highest BCUT2D eigenvalue weighted by Gasteiger charge is 2.35. The van der Waals surface area contributed by atoms with Gasteiger partial charge in [-0.1, -0.05) is 6.07 Å². The molecule has 1 unspecified atom stereocenters. The number of carbonyl (C=O) groups excluding carboxylic acids is 2. The molecule has 112 valence electrons. The van der Waals surface area contributed by atoms with Crippen molar-refractivity contribution >= 4 is 11.8 Å². The molecule has 1 saturated carbocycles. The second kappa shape index (κ2) is 5.73. The van der Waals surface area contributed by atoms with E-state index in [1.165, 1.54) is 17.0 Å². The Hall–Kier alpha value is -2.08. The maximum Gasteiger partial charge on any atom is 0.254 e. The molecular formula is C15H18N2O4. The van der Waals surface area contributed by atoms with E-state index >= 15 is 0 Å². The lowest BCUT2D eigenvalue weighted by atomic mass is 10.1. The normalized spacial score (nSPS) is 21.9. The number of nitrogens with one attached hydrogen (secondary N) is 1. The first-order chi connectivity index (χ1) is 10.1. The molecule has 2 amide bonds. The van der Waals surface area contributed by atoms with E-state index in [1.54, 1.807) is 12.1 Å². The van der Waals surface area contributed by atoms with Gasteiger partial charge in [-0.15, -0.1) is 0 Å². The number of rotatable bonds is 3. The minimum Gasteiger partial charge on any atom is -0.508 e. The highest BCUT2D eigenvalue weighted by molar-refractivity contribution is 5.98. The molecule has 6 heteroatoms. The van der Waals surface area contributed by atoms with Gasteiger partial charge in [0.1, 0.15) is 11.8 Å². The minimum atomic E-state index is -0.603. The van der Waals surface area contributed by atoms with E-state index in [0.717, 1.165) is 12.8 Å². The molecule has 0 radical (unpaired) electrons. The van der Waals surface area contributed by atoms with Crippen LogP contribution in [-0.4, -0.2) is 53.7 Å². The van der Waals surface area contributed by atoms with Crippen molar-refractivity contribution in [3.63, 3.8) is 0 Å². The molecule has 1 aromatic carbocycles. The van der Waals surface area contributed by atoms with E-state index in [-0.39, 0.29) is 30.2 Å². The Labute approximate surface area is 122 Å². The molecule has 1 atom stereocenters. The van der Waals surface area contributed by atoms with Crippen LogP contribution in [0.3, 0.4) is 0 Å². The van der Waals surface area contributed by atoms with Crippen LogP contribution in [-0.2, 0) is 9.53 Å². The summed E-state index contributed by atoms with van der Waals surface area (Å²) in [6.07, 6.45) is 2.00. The molecule has 1 aromatic rings. The molecule has 0 aromatic heterocycles. The van der Waals surface area contributed by atoms with Crippen molar-refractivity contribution in [3.05, 3.63) is 29.8 Å². The number of phenolic OH excluding ortho intramolecular Hbond substituents is 1. The highest BCUT2D eigenvalue weighted by Crippen LogP contribution is 2.21. The van der Waals surface area contributed by atoms with Crippen molar-refractivity contribution in [2.24, 2.45) is 0 Å². The number of hydrogen-bond acceptors (Lipinski definition) is 4. The molecule has 2 fully saturated rings. The maximum absolute atomic E-state index is 12.5. The number of hydrogen-bond donors (Lipinski definition) is 2. The van der Waals surface area contributed by atoms with Gasteiger partial charge < -0.3 is 20.1 Å². The molecule has 21 heavy (non-hydrogen) atoms. The molecule has 2 aliphatic rings. The Kier molecular flexibility index (Phi) is 3.79. The Balaban J connectivity index is 1.76. The number of amides is 2. The fraction of sp³-hybridized carbons (Fsp3) is 0.467. The monoisotopic (exact) mass is 290 g/mol. The van der Waals surface area contributed by atoms with Crippen molar-refractivity contribution in [3.8, 4) is 5.75 Å². The third-order valence-corrected chi connectivity index (χ3v) is 3.71. The van der Waals surface area contributed by atoms with Crippen molar-refractivity contribution in [1.82, 2.24) is 10.2 Å². The van der Waals surface area contributed by atoms with Gasteiger partial charge in [-0.25, -0.2) is 0 Å². The summed E-state index contributed by atoms with van der Waals surface area (Å²) in [5.41, 5.74) is 0.376. The van der Waals surface area contributed by atoms with Crippen LogP contribution < -0.4 is 5.32 Å². The van der Waals surface area contributed by atoms with Crippen LogP contribution in [0.1, 0.15) is 23.2 Å². The first kappa shape index (κ1) is 13.9. The number of aromatic hydroxyl groups is 1. The lowest BCUT2D eigenvalue weighted by Gasteiger charge is -2.34. The minimum absolute atomic E-state index is 0.0353. The van der Waals surface area contributed by atoms with Gasteiger partial charge in [0.2, 0.25) is 5.91 Å². The van der Waals surface area contributed by atoms with Gasteiger partial charge in [0, 0.05) is 18.2 Å². The summed E-state index contributed by atoms with van der Waals surface area (Å²) in [5, 5.41) is 12.4. The average molecular weight is 290 g/mol. The summed E-state index contributed by atoms with van der Waals surface area (Å²) in [4.78, 5) is 26.3. The van der Waals surface area contributed by atoms with Gasteiger partial charge >= 0.3 is 0 Å².